The summed E-state index contributed by atoms with van der Waals surface area (Å²) in [5.41, 5.74) is 3.26. The van der Waals surface area contributed by atoms with Crippen molar-refractivity contribution in [1.29, 1.82) is 0 Å². The maximum Gasteiger partial charge on any atom is 0.308 e. The van der Waals surface area contributed by atoms with Crippen LogP contribution in [-0.2, 0) is 4.79 Å². The van der Waals surface area contributed by atoms with Crippen LogP contribution in [0.15, 0.2) is 16.6 Å². The van der Waals surface area contributed by atoms with Gasteiger partial charge in [0.1, 0.15) is 0 Å². The Balaban J connectivity index is 2.92. The standard InChI is InChI=1S/C13H18BrNO2/c1-7-5-8(2)12(11(14)6-7)15-10(4)9(3)13(16)17/h5-6,9-10,15H,1-4H3,(H,16,17). The fourth-order valence-corrected chi connectivity index (χ4v) is 2.45. The van der Waals surface area contributed by atoms with E-state index >= 15 is 0 Å². The van der Waals surface area contributed by atoms with E-state index in [1.807, 2.05) is 26.8 Å². The highest BCUT2D eigenvalue weighted by atomic mass is 79.9. The van der Waals surface area contributed by atoms with Crippen LogP contribution in [0.5, 0.6) is 0 Å². The number of rotatable bonds is 4. The summed E-state index contributed by atoms with van der Waals surface area (Å²) in [7, 11) is 0. The van der Waals surface area contributed by atoms with E-state index in [2.05, 4.69) is 27.3 Å². The average molecular weight is 300 g/mol. The largest absolute Gasteiger partial charge is 0.481 e. The molecular formula is C13H18BrNO2. The van der Waals surface area contributed by atoms with Gasteiger partial charge >= 0.3 is 5.97 Å². The summed E-state index contributed by atoms with van der Waals surface area (Å²) in [4.78, 5) is 10.9. The second-order valence-corrected chi connectivity index (χ2v) is 5.35. The molecule has 1 aromatic carbocycles. The Morgan fingerprint density at radius 3 is 2.41 bits per heavy atom. The highest BCUT2D eigenvalue weighted by Crippen LogP contribution is 2.29. The van der Waals surface area contributed by atoms with Crippen molar-refractivity contribution in [2.45, 2.75) is 33.7 Å². The molecule has 0 spiro atoms. The minimum absolute atomic E-state index is 0.120. The summed E-state index contributed by atoms with van der Waals surface area (Å²) in [6, 6.07) is 3.98. The molecule has 4 heteroatoms. The first-order chi connectivity index (χ1) is 7.82. The molecule has 3 nitrogen and oxygen atoms in total. The van der Waals surface area contributed by atoms with E-state index in [1.54, 1.807) is 6.92 Å². The normalized spacial score (nSPS) is 14.2. The van der Waals surface area contributed by atoms with Crippen molar-refractivity contribution in [3.8, 4) is 0 Å². The lowest BCUT2D eigenvalue weighted by Crippen LogP contribution is -2.30. The van der Waals surface area contributed by atoms with Crippen LogP contribution in [0, 0.1) is 19.8 Å². The van der Waals surface area contributed by atoms with Gasteiger partial charge in [-0.25, -0.2) is 0 Å². The van der Waals surface area contributed by atoms with Crippen LogP contribution in [0.25, 0.3) is 0 Å². The number of carboxylic acid groups (broad SMARTS) is 1. The lowest BCUT2D eigenvalue weighted by atomic mass is 10.0. The van der Waals surface area contributed by atoms with Gasteiger partial charge in [0, 0.05) is 10.5 Å². The smallest absolute Gasteiger partial charge is 0.308 e. The van der Waals surface area contributed by atoms with E-state index < -0.39 is 11.9 Å². The second-order valence-electron chi connectivity index (χ2n) is 4.50. The van der Waals surface area contributed by atoms with Crippen LogP contribution >= 0.6 is 15.9 Å². The van der Waals surface area contributed by atoms with Gasteiger partial charge in [0.05, 0.1) is 11.6 Å². The van der Waals surface area contributed by atoms with Crippen molar-refractivity contribution in [3.63, 3.8) is 0 Å². The summed E-state index contributed by atoms with van der Waals surface area (Å²) < 4.78 is 0.972. The van der Waals surface area contributed by atoms with Crippen molar-refractivity contribution in [2.75, 3.05) is 5.32 Å². The summed E-state index contributed by atoms with van der Waals surface area (Å²) >= 11 is 3.50. The molecule has 0 heterocycles. The Labute approximate surface area is 110 Å². The number of aliphatic carboxylic acids is 1. The molecule has 1 aromatic rings. The number of carbonyl (C=O) groups is 1. The monoisotopic (exact) mass is 299 g/mol. The molecule has 0 aromatic heterocycles. The van der Waals surface area contributed by atoms with Crippen LogP contribution in [-0.4, -0.2) is 17.1 Å². The van der Waals surface area contributed by atoms with Crippen molar-refractivity contribution >= 4 is 27.6 Å². The maximum atomic E-state index is 10.9. The number of hydrogen-bond acceptors (Lipinski definition) is 2. The third-order valence-electron chi connectivity index (χ3n) is 2.94. The van der Waals surface area contributed by atoms with Gasteiger partial charge in [-0.2, -0.15) is 0 Å². The van der Waals surface area contributed by atoms with E-state index in [0.29, 0.717) is 0 Å². The van der Waals surface area contributed by atoms with Crippen molar-refractivity contribution in [2.24, 2.45) is 5.92 Å². The van der Waals surface area contributed by atoms with Crippen LogP contribution in [0.3, 0.4) is 0 Å². The zero-order valence-corrected chi connectivity index (χ0v) is 12.1. The molecule has 2 N–H and O–H groups in total. The second kappa shape index (κ2) is 5.54. The molecule has 0 aliphatic rings. The molecule has 94 valence electrons. The molecule has 1 rings (SSSR count). The van der Waals surface area contributed by atoms with Crippen LogP contribution in [0.2, 0.25) is 0 Å². The van der Waals surface area contributed by atoms with Gasteiger partial charge in [-0.1, -0.05) is 6.07 Å². The molecule has 17 heavy (non-hydrogen) atoms. The van der Waals surface area contributed by atoms with Gasteiger partial charge in [-0.05, 0) is 60.8 Å². The van der Waals surface area contributed by atoms with Crippen molar-refractivity contribution in [3.05, 3.63) is 27.7 Å². The first-order valence-electron chi connectivity index (χ1n) is 5.59. The molecule has 0 aliphatic carbocycles. The third-order valence-corrected chi connectivity index (χ3v) is 3.57. The Morgan fingerprint density at radius 2 is 1.94 bits per heavy atom. The molecule has 0 saturated heterocycles. The summed E-state index contributed by atoms with van der Waals surface area (Å²) in [6.07, 6.45) is 0. The molecular weight excluding hydrogens is 282 g/mol. The van der Waals surface area contributed by atoms with Gasteiger partial charge < -0.3 is 10.4 Å². The van der Waals surface area contributed by atoms with E-state index in [9.17, 15) is 4.79 Å². The molecule has 0 radical (unpaired) electrons. The third kappa shape index (κ3) is 3.46. The molecule has 0 saturated carbocycles. The molecule has 0 bridgehead atoms. The number of anilines is 1. The first-order valence-corrected chi connectivity index (χ1v) is 6.38. The topological polar surface area (TPSA) is 49.3 Å². The zero-order valence-electron chi connectivity index (χ0n) is 10.5. The van der Waals surface area contributed by atoms with Crippen molar-refractivity contribution < 1.29 is 9.90 Å². The van der Waals surface area contributed by atoms with E-state index in [4.69, 9.17) is 5.11 Å². The number of aryl methyl sites for hydroxylation is 2. The summed E-state index contributed by atoms with van der Waals surface area (Å²) in [5.74, 6) is -1.21. The number of benzene rings is 1. The molecule has 2 atom stereocenters. The van der Waals surface area contributed by atoms with Gasteiger partial charge in [0.15, 0.2) is 0 Å². The number of hydrogen-bond donors (Lipinski definition) is 2. The molecule has 0 fully saturated rings. The Hall–Kier alpha value is -1.03. The molecule has 0 aliphatic heterocycles. The van der Waals surface area contributed by atoms with Crippen LogP contribution < -0.4 is 5.32 Å². The minimum atomic E-state index is -0.786. The number of carboxylic acids is 1. The summed E-state index contributed by atoms with van der Waals surface area (Å²) in [5, 5.41) is 12.2. The molecule has 0 amide bonds. The quantitative estimate of drug-likeness (QED) is 0.893. The highest BCUT2D eigenvalue weighted by molar-refractivity contribution is 9.10. The first kappa shape index (κ1) is 14.0. The Morgan fingerprint density at radius 1 is 1.35 bits per heavy atom. The fourth-order valence-electron chi connectivity index (χ4n) is 1.67. The van der Waals surface area contributed by atoms with Gasteiger partial charge in [0.25, 0.3) is 0 Å². The van der Waals surface area contributed by atoms with E-state index in [0.717, 1.165) is 15.7 Å². The zero-order chi connectivity index (χ0) is 13.2. The lowest BCUT2D eigenvalue weighted by molar-refractivity contribution is -0.141. The predicted octanol–water partition coefficient (Wildman–Crippen LogP) is 3.59. The average Bonchev–Trinajstić information content (AvgIpc) is 2.21. The van der Waals surface area contributed by atoms with Crippen LogP contribution in [0.4, 0.5) is 5.69 Å². The van der Waals surface area contributed by atoms with Crippen molar-refractivity contribution in [1.82, 2.24) is 0 Å². The van der Waals surface area contributed by atoms with Crippen LogP contribution in [0.1, 0.15) is 25.0 Å². The van der Waals surface area contributed by atoms with Gasteiger partial charge in [-0.3, -0.25) is 4.79 Å². The van der Waals surface area contributed by atoms with Gasteiger partial charge in [0.2, 0.25) is 0 Å². The predicted molar refractivity (Wildman–Crippen MR) is 73.5 cm³/mol. The maximum absolute atomic E-state index is 10.9. The Bertz CT molecular complexity index is 408. The minimum Gasteiger partial charge on any atom is -0.481 e. The Kier molecular flexibility index (Phi) is 4.57. The fraction of sp³-hybridized carbons (Fsp3) is 0.462. The lowest BCUT2D eigenvalue weighted by Gasteiger charge is -2.21. The van der Waals surface area contributed by atoms with E-state index in [1.165, 1.54) is 5.56 Å². The number of halogens is 1. The van der Waals surface area contributed by atoms with E-state index in [-0.39, 0.29) is 6.04 Å². The SMILES string of the molecule is Cc1cc(C)c(NC(C)C(C)C(=O)O)c(Br)c1. The molecule has 2 unspecified atom stereocenters. The highest BCUT2D eigenvalue weighted by Gasteiger charge is 2.20. The summed E-state index contributed by atoms with van der Waals surface area (Å²) in [6.45, 7) is 7.63. The van der Waals surface area contributed by atoms with Gasteiger partial charge in [-0.15, -0.1) is 0 Å². The number of nitrogens with one attached hydrogen (secondary N) is 1.